The van der Waals surface area contributed by atoms with Gasteiger partial charge in [0.25, 0.3) is 0 Å². The summed E-state index contributed by atoms with van der Waals surface area (Å²) in [5, 5.41) is 0. The van der Waals surface area contributed by atoms with Crippen LogP contribution in [0.3, 0.4) is 0 Å². The van der Waals surface area contributed by atoms with Gasteiger partial charge >= 0.3 is 0 Å². The Morgan fingerprint density at radius 3 is 2.93 bits per heavy atom. The Morgan fingerprint density at radius 1 is 1.36 bits per heavy atom. The van der Waals surface area contributed by atoms with Gasteiger partial charge in [0.15, 0.2) is 5.82 Å². The monoisotopic (exact) mass is 210 g/mol. The highest BCUT2D eigenvalue weighted by Gasteiger charge is 2.29. The molecule has 0 bridgehead atoms. The first-order chi connectivity index (χ1) is 6.45. The average Bonchev–Trinajstić information content (AvgIpc) is 2.47. The van der Waals surface area contributed by atoms with Crippen LogP contribution < -0.4 is 17.3 Å². The molecule has 0 aromatic heterocycles. The molecule has 0 spiro atoms. The maximum Gasteiger partial charge on any atom is 0.203 e. The van der Waals surface area contributed by atoms with E-state index in [2.05, 4.69) is 14.9 Å². The van der Waals surface area contributed by atoms with Crippen LogP contribution in [0.2, 0.25) is 0 Å². The van der Waals surface area contributed by atoms with Gasteiger partial charge in [-0.1, -0.05) is 0 Å². The van der Waals surface area contributed by atoms with Gasteiger partial charge in [0, 0.05) is 13.1 Å². The number of halogens is 1. The molecule has 0 radical (unpaired) electrons. The summed E-state index contributed by atoms with van der Waals surface area (Å²) in [4.78, 5) is 12.0. The van der Waals surface area contributed by atoms with Crippen LogP contribution in [0.25, 0.3) is 0 Å². The van der Waals surface area contributed by atoms with E-state index in [1.54, 1.807) is 0 Å². The number of likely N-dealkylation sites (tertiary alicyclic amines) is 1. The van der Waals surface area contributed by atoms with Crippen molar-refractivity contribution < 1.29 is 17.3 Å². The van der Waals surface area contributed by atoms with Gasteiger partial charge in [-0.25, -0.2) is 4.90 Å². The van der Waals surface area contributed by atoms with Crippen molar-refractivity contribution in [3.8, 4) is 0 Å². The molecule has 0 saturated carbocycles. The van der Waals surface area contributed by atoms with Crippen molar-refractivity contribution in [2.45, 2.75) is 6.42 Å². The fraction of sp³-hybridized carbons (Fsp3) is 0.333. The molecule has 1 N–H and O–H groups in total. The van der Waals surface area contributed by atoms with Crippen molar-refractivity contribution in [3.05, 3.63) is 23.9 Å². The Bertz CT molecular complexity index is 352. The van der Waals surface area contributed by atoms with E-state index >= 15 is 0 Å². The summed E-state index contributed by atoms with van der Waals surface area (Å²) in [5.41, 5.74) is 1.18. The van der Waals surface area contributed by atoms with Crippen molar-refractivity contribution >= 4 is 12.6 Å². The molecule has 3 aliphatic rings. The van der Waals surface area contributed by atoms with Gasteiger partial charge < -0.3 is 17.3 Å². The van der Waals surface area contributed by atoms with Crippen molar-refractivity contribution in [2.24, 2.45) is 9.98 Å². The molecule has 0 aromatic carbocycles. The lowest BCUT2D eigenvalue weighted by Crippen LogP contribution is -3.04. The van der Waals surface area contributed by atoms with Crippen LogP contribution in [-0.2, 0) is 0 Å². The number of rotatable bonds is 1. The maximum absolute atomic E-state index is 4.40. The van der Waals surface area contributed by atoms with Crippen LogP contribution in [0.4, 0.5) is 0 Å². The fourth-order valence-electron chi connectivity index (χ4n) is 1.68. The Kier molecular flexibility index (Phi) is 2.39. The number of aliphatic imine (C=N–C) groups is 2. The molecule has 1 fully saturated rings. The van der Waals surface area contributed by atoms with E-state index in [9.17, 15) is 0 Å². The molecule has 3 aliphatic heterocycles. The molecule has 5 heteroatoms. The Labute approximate surface area is 88.7 Å². The number of allylic oxidation sites excluding steroid dienone is 1. The molecule has 1 unspecified atom stereocenters. The number of nitrogens with zero attached hydrogens (tertiary/aromatic N) is 3. The van der Waals surface area contributed by atoms with Gasteiger partial charge in [0.2, 0.25) is 12.0 Å². The van der Waals surface area contributed by atoms with E-state index in [1.807, 2.05) is 25.0 Å². The van der Waals surface area contributed by atoms with Crippen molar-refractivity contribution in [1.82, 2.24) is 4.90 Å². The Hall–Kier alpha value is -1.13. The van der Waals surface area contributed by atoms with Gasteiger partial charge in [-0.3, -0.25) is 4.99 Å². The van der Waals surface area contributed by atoms with Gasteiger partial charge in [-0.05, 0) is 6.42 Å². The summed E-state index contributed by atoms with van der Waals surface area (Å²) in [7, 11) is 0. The van der Waals surface area contributed by atoms with Gasteiger partial charge in [0.05, 0.1) is 12.4 Å². The standard InChI is InChI=1S/C9H10N4.ClH/c1-3-12(4-1)9-8-6-10-2-5-13(8)7-11-9;/h2,5-7H,1,3-4H2;1H. The van der Waals surface area contributed by atoms with Crippen molar-refractivity contribution in [3.63, 3.8) is 0 Å². The molecule has 0 aliphatic carbocycles. The number of fused-ring (bicyclic) bond motifs is 1. The van der Waals surface area contributed by atoms with Crippen LogP contribution >= 0.6 is 0 Å². The van der Waals surface area contributed by atoms with E-state index in [-0.39, 0.29) is 12.4 Å². The highest BCUT2D eigenvalue weighted by molar-refractivity contribution is 5.81. The average molecular weight is 211 g/mol. The molecule has 1 atom stereocenters. The van der Waals surface area contributed by atoms with Gasteiger partial charge in [-0.15, -0.1) is 0 Å². The predicted octanol–water partition coefficient (Wildman–Crippen LogP) is -3.65. The smallest absolute Gasteiger partial charge is 0.203 e. The van der Waals surface area contributed by atoms with E-state index in [0.29, 0.717) is 0 Å². The van der Waals surface area contributed by atoms with E-state index < -0.39 is 0 Å². The lowest BCUT2D eigenvalue weighted by Gasteiger charge is -2.31. The minimum Gasteiger partial charge on any atom is -1.00 e. The summed E-state index contributed by atoms with van der Waals surface area (Å²) in [6.07, 6.45) is 8.92. The van der Waals surface area contributed by atoms with Crippen LogP contribution in [0.5, 0.6) is 0 Å². The Morgan fingerprint density at radius 2 is 2.21 bits per heavy atom. The summed E-state index contributed by atoms with van der Waals surface area (Å²) in [5.74, 6) is 1.11. The predicted molar refractivity (Wildman–Crippen MR) is 50.3 cm³/mol. The highest BCUT2D eigenvalue weighted by Crippen LogP contribution is 2.18. The number of hydrogen-bond donors (Lipinski definition) is 1. The second-order valence-electron chi connectivity index (χ2n) is 3.39. The first-order valence-corrected chi connectivity index (χ1v) is 4.55. The number of hydrogen-bond acceptors (Lipinski definition) is 3. The quantitative estimate of drug-likeness (QED) is 0.476. The molecule has 0 amide bonds. The first-order valence-electron chi connectivity index (χ1n) is 4.55. The second kappa shape index (κ2) is 3.55. The van der Waals surface area contributed by atoms with Crippen LogP contribution in [0, 0.1) is 0 Å². The molecule has 1 saturated heterocycles. The largest absolute Gasteiger partial charge is 1.00 e. The molecular weight excluding hydrogens is 200 g/mol. The lowest BCUT2D eigenvalue weighted by molar-refractivity contribution is -0.682. The van der Waals surface area contributed by atoms with Gasteiger partial charge in [-0.2, -0.15) is 4.99 Å². The summed E-state index contributed by atoms with van der Waals surface area (Å²) < 4.78 is 0. The van der Waals surface area contributed by atoms with Crippen LogP contribution in [0.1, 0.15) is 6.42 Å². The van der Waals surface area contributed by atoms with Crippen LogP contribution in [-0.4, -0.2) is 30.5 Å². The second-order valence-corrected chi connectivity index (χ2v) is 3.39. The third-order valence-electron chi connectivity index (χ3n) is 2.58. The van der Waals surface area contributed by atoms with E-state index in [4.69, 9.17) is 0 Å². The number of nitrogens with one attached hydrogen (secondary N) is 1. The zero-order valence-corrected chi connectivity index (χ0v) is 8.41. The van der Waals surface area contributed by atoms with E-state index in [1.165, 1.54) is 17.0 Å². The third-order valence-corrected chi connectivity index (χ3v) is 2.58. The fourth-order valence-corrected chi connectivity index (χ4v) is 1.68. The van der Waals surface area contributed by atoms with E-state index in [0.717, 1.165) is 18.9 Å². The molecular formula is C9H11ClN4. The Balaban J connectivity index is 0.000000750. The summed E-state index contributed by atoms with van der Waals surface area (Å²) >= 11 is 0. The van der Waals surface area contributed by atoms with Crippen molar-refractivity contribution in [1.29, 1.82) is 0 Å². The molecule has 74 valence electrons. The van der Waals surface area contributed by atoms with Crippen molar-refractivity contribution in [2.75, 3.05) is 13.1 Å². The summed E-state index contributed by atoms with van der Waals surface area (Å²) in [6, 6.07) is 0. The summed E-state index contributed by atoms with van der Waals surface area (Å²) in [6.45, 7) is 2.28. The zero-order valence-electron chi connectivity index (χ0n) is 7.65. The molecule has 4 nitrogen and oxygen atoms in total. The molecule has 0 aromatic rings. The minimum absolute atomic E-state index is 0. The normalized spacial score (nSPS) is 27.4. The first kappa shape index (κ1) is 9.43. The lowest BCUT2D eigenvalue weighted by atomic mass is 10.2. The highest BCUT2D eigenvalue weighted by atomic mass is 35.5. The number of quaternary nitrogens is 1. The van der Waals surface area contributed by atoms with Crippen LogP contribution in [0.15, 0.2) is 33.9 Å². The minimum atomic E-state index is 0. The third kappa shape index (κ3) is 1.27. The molecule has 14 heavy (non-hydrogen) atoms. The zero-order chi connectivity index (χ0) is 8.67. The topological polar surface area (TPSA) is 32.4 Å². The van der Waals surface area contributed by atoms with Gasteiger partial charge in [0.1, 0.15) is 6.20 Å². The SMILES string of the molecule is C1=C[NH+]2C=NC(N3CCC3)=C2C=N1.[Cl-]. The molecule has 3 rings (SSSR count). The molecule has 3 heterocycles. The maximum atomic E-state index is 4.40.